The minimum atomic E-state index is -0.748. The van der Waals surface area contributed by atoms with Gasteiger partial charge in [0, 0.05) is 0 Å². The summed E-state index contributed by atoms with van der Waals surface area (Å²) >= 11 is 6.05. The van der Waals surface area contributed by atoms with Gasteiger partial charge in [-0.2, -0.15) is 0 Å². The summed E-state index contributed by atoms with van der Waals surface area (Å²) in [5, 5.41) is 8.79. The molecule has 0 spiro atoms. The first-order chi connectivity index (χ1) is 5.04. The van der Waals surface area contributed by atoms with E-state index in [-0.39, 0.29) is 5.92 Å². The minimum absolute atomic E-state index is 0.349. The van der Waals surface area contributed by atoms with E-state index in [0.29, 0.717) is 0 Å². The van der Waals surface area contributed by atoms with Gasteiger partial charge >= 0.3 is 5.97 Å². The lowest BCUT2D eigenvalue weighted by molar-refractivity contribution is -0.143. The molecule has 2 unspecified atom stereocenters. The van der Waals surface area contributed by atoms with Crippen LogP contribution in [0.25, 0.3) is 0 Å². The Morgan fingerprint density at radius 2 is 2.27 bits per heavy atom. The molecule has 0 aliphatic heterocycles. The molecular weight excluding hydrogens is 164 g/mol. The summed E-state index contributed by atoms with van der Waals surface area (Å²) in [7, 11) is 0. The average molecular weight is 177 g/mol. The van der Waals surface area contributed by atoms with Crippen LogP contribution in [0.2, 0.25) is 0 Å². The lowest BCUT2D eigenvalue weighted by Crippen LogP contribution is -2.37. The highest BCUT2D eigenvalue weighted by Crippen LogP contribution is 2.38. The fourth-order valence-corrected chi connectivity index (χ4v) is 2.01. The van der Waals surface area contributed by atoms with Crippen molar-refractivity contribution in [2.45, 2.75) is 37.5 Å². The highest BCUT2D eigenvalue weighted by atomic mass is 35.5. The van der Waals surface area contributed by atoms with Gasteiger partial charge in [-0.05, 0) is 19.8 Å². The Bertz CT molecular complexity index is 165. The number of carboxylic acids is 1. The Labute approximate surface area is 71.5 Å². The zero-order chi connectivity index (χ0) is 8.48. The van der Waals surface area contributed by atoms with E-state index in [1.165, 1.54) is 0 Å². The molecule has 0 aromatic heterocycles. The molecule has 1 rings (SSSR count). The van der Waals surface area contributed by atoms with Gasteiger partial charge in [-0.25, -0.2) is 0 Å². The van der Waals surface area contributed by atoms with Crippen molar-refractivity contribution in [1.29, 1.82) is 0 Å². The van der Waals surface area contributed by atoms with Crippen molar-refractivity contribution in [2.24, 2.45) is 5.92 Å². The molecule has 0 amide bonds. The first kappa shape index (κ1) is 8.85. The molecule has 0 bridgehead atoms. The van der Waals surface area contributed by atoms with Crippen LogP contribution in [0.15, 0.2) is 0 Å². The van der Waals surface area contributed by atoms with Crippen molar-refractivity contribution in [2.75, 3.05) is 0 Å². The second-order valence-corrected chi connectivity index (χ2v) is 4.28. The molecule has 0 heterocycles. The highest BCUT2D eigenvalue weighted by molar-refractivity contribution is 6.25. The van der Waals surface area contributed by atoms with Crippen molar-refractivity contribution in [3.05, 3.63) is 0 Å². The van der Waals surface area contributed by atoms with Crippen LogP contribution in [-0.4, -0.2) is 16.0 Å². The molecular formula is C8H13ClO2. The molecule has 3 heteroatoms. The molecule has 1 aliphatic rings. The van der Waals surface area contributed by atoms with E-state index in [9.17, 15) is 4.79 Å². The maximum Gasteiger partial charge on any atom is 0.308 e. The van der Waals surface area contributed by atoms with Crippen LogP contribution in [0.3, 0.4) is 0 Å². The topological polar surface area (TPSA) is 37.3 Å². The fourth-order valence-electron chi connectivity index (χ4n) is 1.68. The molecule has 0 aromatic rings. The molecule has 0 saturated heterocycles. The Balaban J connectivity index is 2.67. The van der Waals surface area contributed by atoms with Gasteiger partial charge < -0.3 is 5.11 Å². The minimum Gasteiger partial charge on any atom is -0.481 e. The number of carboxylic acid groups (broad SMARTS) is 1. The van der Waals surface area contributed by atoms with Gasteiger partial charge in [0.2, 0.25) is 0 Å². The van der Waals surface area contributed by atoms with Crippen molar-refractivity contribution >= 4 is 17.6 Å². The number of hydrogen-bond donors (Lipinski definition) is 1. The maximum absolute atomic E-state index is 10.7. The average Bonchev–Trinajstić information content (AvgIpc) is 1.85. The summed E-state index contributed by atoms with van der Waals surface area (Å²) in [5.74, 6) is -1.10. The fraction of sp³-hybridized carbons (Fsp3) is 0.875. The molecule has 1 fully saturated rings. The van der Waals surface area contributed by atoms with Crippen LogP contribution in [0.4, 0.5) is 0 Å². The molecule has 1 N–H and O–H groups in total. The number of halogens is 1. The van der Waals surface area contributed by atoms with E-state index in [2.05, 4.69) is 0 Å². The SMILES string of the molecule is CC1(Cl)CCCCC1C(=O)O. The standard InChI is InChI=1S/C8H13ClO2/c1-8(9)5-3-2-4-6(8)7(10)11/h6H,2-5H2,1H3,(H,10,11). The summed E-state index contributed by atoms with van der Waals surface area (Å²) in [6.07, 6.45) is 3.61. The lowest BCUT2D eigenvalue weighted by atomic mass is 9.80. The van der Waals surface area contributed by atoms with Crippen molar-refractivity contribution in [3.8, 4) is 0 Å². The van der Waals surface area contributed by atoms with Crippen LogP contribution >= 0.6 is 11.6 Å². The summed E-state index contributed by atoms with van der Waals surface area (Å²) < 4.78 is 0. The summed E-state index contributed by atoms with van der Waals surface area (Å²) in [4.78, 5) is 10.2. The van der Waals surface area contributed by atoms with E-state index >= 15 is 0 Å². The van der Waals surface area contributed by atoms with Crippen molar-refractivity contribution < 1.29 is 9.90 Å². The largest absolute Gasteiger partial charge is 0.481 e. The van der Waals surface area contributed by atoms with Gasteiger partial charge in [-0.3, -0.25) is 4.79 Å². The molecule has 11 heavy (non-hydrogen) atoms. The predicted octanol–water partition coefficient (Wildman–Crippen LogP) is 2.26. The second-order valence-electron chi connectivity index (χ2n) is 3.41. The monoisotopic (exact) mass is 176 g/mol. The molecule has 1 saturated carbocycles. The third-order valence-electron chi connectivity index (χ3n) is 2.43. The van der Waals surface area contributed by atoms with Crippen molar-refractivity contribution in [1.82, 2.24) is 0 Å². The molecule has 2 atom stereocenters. The van der Waals surface area contributed by atoms with Gasteiger partial charge in [-0.1, -0.05) is 12.8 Å². The van der Waals surface area contributed by atoms with Gasteiger partial charge in [-0.15, -0.1) is 11.6 Å². The van der Waals surface area contributed by atoms with Crippen LogP contribution in [0.1, 0.15) is 32.6 Å². The third-order valence-corrected chi connectivity index (χ3v) is 2.89. The molecule has 1 aliphatic carbocycles. The molecule has 64 valence electrons. The predicted molar refractivity (Wildman–Crippen MR) is 43.9 cm³/mol. The van der Waals surface area contributed by atoms with Gasteiger partial charge in [0.05, 0.1) is 10.8 Å². The zero-order valence-electron chi connectivity index (χ0n) is 6.64. The van der Waals surface area contributed by atoms with Crippen LogP contribution in [-0.2, 0) is 4.79 Å². The molecule has 2 nitrogen and oxygen atoms in total. The number of rotatable bonds is 1. The van der Waals surface area contributed by atoms with E-state index in [1.54, 1.807) is 0 Å². The lowest BCUT2D eigenvalue weighted by Gasteiger charge is -2.33. The van der Waals surface area contributed by atoms with Gasteiger partial charge in [0.1, 0.15) is 0 Å². The first-order valence-corrected chi connectivity index (χ1v) is 4.33. The smallest absolute Gasteiger partial charge is 0.308 e. The Morgan fingerprint density at radius 1 is 1.64 bits per heavy atom. The van der Waals surface area contributed by atoms with E-state index < -0.39 is 10.8 Å². The van der Waals surface area contributed by atoms with E-state index in [0.717, 1.165) is 25.7 Å². The Kier molecular flexibility index (Phi) is 2.43. The number of hydrogen-bond acceptors (Lipinski definition) is 1. The highest BCUT2D eigenvalue weighted by Gasteiger charge is 2.39. The summed E-state index contributed by atoms with van der Waals surface area (Å²) in [6.45, 7) is 1.83. The number of aliphatic carboxylic acids is 1. The second kappa shape index (κ2) is 3.02. The number of carbonyl (C=O) groups is 1. The normalized spacial score (nSPS) is 38.5. The van der Waals surface area contributed by atoms with Crippen LogP contribution < -0.4 is 0 Å². The quantitative estimate of drug-likeness (QED) is 0.623. The third kappa shape index (κ3) is 1.86. The Hall–Kier alpha value is -0.240. The van der Waals surface area contributed by atoms with Gasteiger partial charge in [0.15, 0.2) is 0 Å². The Morgan fingerprint density at radius 3 is 2.64 bits per heavy atom. The van der Waals surface area contributed by atoms with Gasteiger partial charge in [0.25, 0.3) is 0 Å². The maximum atomic E-state index is 10.7. The van der Waals surface area contributed by atoms with Crippen LogP contribution in [0, 0.1) is 5.92 Å². The van der Waals surface area contributed by atoms with Crippen LogP contribution in [0.5, 0.6) is 0 Å². The summed E-state index contributed by atoms with van der Waals surface area (Å²) in [6, 6.07) is 0. The zero-order valence-corrected chi connectivity index (χ0v) is 7.40. The van der Waals surface area contributed by atoms with E-state index in [1.807, 2.05) is 6.92 Å². The summed E-state index contributed by atoms with van der Waals surface area (Å²) in [5.41, 5.74) is 0. The molecule has 0 aromatic carbocycles. The van der Waals surface area contributed by atoms with Crippen molar-refractivity contribution in [3.63, 3.8) is 0 Å². The van der Waals surface area contributed by atoms with E-state index in [4.69, 9.17) is 16.7 Å². The molecule has 0 radical (unpaired) electrons. The first-order valence-electron chi connectivity index (χ1n) is 3.96. The number of alkyl halides is 1.